The molecule has 5 nitrogen and oxygen atoms in total. The lowest BCUT2D eigenvalue weighted by Crippen LogP contribution is -2.39. The molecule has 1 unspecified atom stereocenters. The molecule has 0 saturated carbocycles. The smallest absolute Gasteiger partial charge is 0.241 e. The molecule has 1 heterocycles. The van der Waals surface area contributed by atoms with Gasteiger partial charge in [0.25, 0.3) is 0 Å². The van der Waals surface area contributed by atoms with E-state index in [-0.39, 0.29) is 18.1 Å². The van der Waals surface area contributed by atoms with Gasteiger partial charge in [-0.1, -0.05) is 26.0 Å². The Hall–Kier alpha value is -1.43. The normalized spacial score (nSPS) is 17.7. The summed E-state index contributed by atoms with van der Waals surface area (Å²) in [6.45, 7) is 5.07. The Labute approximate surface area is 113 Å². The van der Waals surface area contributed by atoms with Crippen LogP contribution in [0.2, 0.25) is 0 Å². The monoisotopic (exact) mass is 264 g/mol. The van der Waals surface area contributed by atoms with Gasteiger partial charge in [-0.05, 0) is 18.1 Å². The first-order valence-electron chi connectivity index (χ1n) is 6.47. The van der Waals surface area contributed by atoms with E-state index in [2.05, 4.69) is 5.32 Å². The summed E-state index contributed by atoms with van der Waals surface area (Å²) in [7, 11) is 0. The van der Waals surface area contributed by atoms with Crippen molar-refractivity contribution in [3.8, 4) is 0 Å². The second kappa shape index (κ2) is 6.14. The highest BCUT2D eigenvalue weighted by Crippen LogP contribution is 2.24. The van der Waals surface area contributed by atoms with Gasteiger partial charge in [-0.3, -0.25) is 4.79 Å². The quantitative estimate of drug-likeness (QED) is 0.867. The van der Waals surface area contributed by atoms with E-state index >= 15 is 0 Å². The van der Waals surface area contributed by atoms with Crippen molar-refractivity contribution >= 4 is 11.6 Å². The van der Waals surface area contributed by atoms with Crippen LogP contribution >= 0.6 is 0 Å². The highest BCUT2D eigenvalue weighted by atomic mass is 16.7. The minimum atomic E-state index is -0.499. The van der Waals surface area contributed by atoms with Crippen LogP contribution in [0.15, 0.2) is 24.3 Å². The molecule has 104 valence electrons. The Morgan fingerprint density at radius 1 is 1.26 bits per heavy atom. The van der Waals surface area contributed by atoms with E-state index in [1.807, 2.05) is 38.1 Å². The lowest BCUT2D eigenvalue weighted by molar-refractivity contribution is -0.118. The Balaban J connectivity index is 1.96. The van der Waals surface area contributed by atoms with Gasteiger partial charge in [-0.2, -0.15) is 0 Å². The van der Waals surface area contributed by atoms with E-state index in [9.17, 15) is 4.79 Å². The number of hydrogen-bond acceptors (Lipinski definition) is 4. The van der Waals surface area contributed by atoms with Crippen molar-refractivity contribution in [1.29, 1.82) is 0 Å². The number of nitrogens with two attached hydrogens (primary N) is 1. The Bertz CT molecular complexity index is 425. The second-order valence-corrected chi connectivity index (χ2v) is 4.95. The summed E-state index contributed by atoms with van der Waals surface area (Å²) in [5.41, 5.74) is 7.46. The number of ether oxygens (including phenoxy) is 2. The van der Waals surface area contributed by atoms with Gasteiger partial charge >= 0.3 is 0 Å². The van der Waals surface area contributed by atoms with Crippen molar-refractivity contribution in [3.05, 3.63) is 29.8 Å². The molecule has 1 saturated heterocycles. The van der Waals surface area contributed by atoms with Crippen LogP contribution in [0.25, 0.3) is 0 Å². The Kier molecular flexibility index (Phi) is 4.52. The van der Waals surface area contributed by atoms with Crippen molar-refractivity contribution in [3.63, 3.8) is 0 Å². The summed E-state index contributed by atoms with van der Waals surface area (Å²) in [6, 6.07) is 6.91. The number of hydrogen-bond donors (Lipinski definition) is 2. The summed E-state index contributed by atoms with van der Waals surface area (Å²) >= 11 is 0. The minimum absolute atomic E-state index is 0.111. The van der Waals surface area contributed by atoms with Crippen molar-refractivity contribution in [1.82, 2.24) is 0 Å². The predicted octanol–water partition coefficient (Wildman–Crippen LogP) is 1.65. The van der Waals surface area contributed by atoms with Gasteiger partial charge in [0.15, 0.2) is 6.29 Å². The maximum atomic E-state index is 11.8. The molecule has 0 bridgehead atoms. The molecular weight excluding hydrogens is 244 g/mol. The molecule has 2 rings (SSSR count). The molecule has 5 heteroatoms. The molecule has 19 heavy (non-hydrogen) atoms. The maximum absolute atomic E-state index is 11.8. The van der Waals surface area contributed by atoms with E-state index in [1.54, 1.807) is 0 Å². The highest BCUT2D eigenvalue weighted by Gasteiger charge is 2.19. The van der Waals surface area contributed by atoms with Crippen molar-refractivity contribution in [2.75, 3.05) is 18.5 Å². The fraction of sp³-hybridized carbons (Fsp3) is 0.500. The Morgan fingerprint density at radius 2 is 1.84 bits per heavy atom. The molecule has 1 aromatic carbocycles. The zero-order valence-corrected chi connectivity index (χ0v) is 11.3. The van der Waals surface area contributed by atoms with E-state index in [0.29, 0.717) is 13.2 Å². The first-order chi connectivity index (χ1) is 9.08. The molecule has 1 fully saturated rings. The largest absolute Gasteiger partial charge is 0.346 e. The summed E-state index contributed by atoms with van der Waals surface area (Å²) in [4.78, 5) is 11.8. The average Bonchev–Trinajstić information content (AvgIpc) is 2.92. The van der Waals surface area contributed by atoms with Gasteiger partial charge in [0.2, 0.25) is 5.91 Å². The number of amides is 1. The average molecular weight is 264 g/mol. The first kappa shape index (κ1) is 14.0. The lowest BCUT2D eigenvalue weighted by Gasteiger charge is -2.16. The molecule has 1 aliphatic heterocycles. The fourth-order valence-corrected chi connectivity index (χ4v) is 1.80. The van der Waals surface area contributed by atoms with Gasteiger partial charge in [0.05, 0.1) is 19.3 Å². The number of nitrogens with one attached hydrogen (secondary N) is 1. The maximum Gasteiger partial charge on any atom is 0.241 e. The first-order valence-corrected chi connectivity index (χ1v) is 6.47. The molecule has 1 amide bonds. The van der Waals surface area contributed by atoms with Crippen LogP contribution in [-0.2, 0) is 14.3 Å². The standard InChI is InChI=1S/C14H20N2O3/c1-9(2)12(15)13(17)16-11-5-3-10(4-6-11)14-18-7-8-19-14/h3-6,9,12,14H,7-8,15H2,1-2H3,(H,16,17). The molecule has 0 aliphatic carbocycles. The van der Waals surface area contributed by atoms with Crippen LogP contribution in [-0.4, -0.2) is 25.2 Å². The molecule has 1 atom stereocenters. The van der Waals surface area contributed by atoms with Crippen LogP contribution in [0.1, 0.15) is 25.7 Å². The fourth-order valence-electron chi connectivity index (χ4n) is 1.80. The summed E-state index contributed by atoms with van der Waals surface area (Å²) in [6.07, 6.45) is -0.289. The summed E-state index contributed by atoms with van der Waals surface area (Å²) in [5.74, 6) is -0.0596. The van der Waals surface area contributed by atoms with Gasteiger partial charge in [0.1, 0.15) is 0 Å². The topological polar surface area (TPSA) is 73.6 Å². The third-order valence-electron chi connectivity index (χ3n) is 3.09. The highest BCUT2D eigenvalue weighted by molar-refractivity contribution is 5.94. The van der Waals surface area contributed by atoms with Gasteiger partial charge in [-0.15, -0.1) is 0 Å². The van der Waals surface area contributed by atoms with Crippen molar-refractivity contribution in [2.45, 2.75) is 26.2 Å². The SMILES string of the molecule is CC(C)C(N)C(=O)Nc1ccc(C2OCCO2)cc1. The van der Waals surface area contributed by atoms with Gasteiger partial charge < -0.3 is 20.5 Å². The molecule has 1 aliphatic rings. The molecule has 0 aromatic heterocycles. The zero-order valence-electron chi connectivity index (χ0n) is 11.3. The number of anilines is 1. The van der Waals surface area contributed by atoms with E-state index in [0.717, 1.165) is 11.3 Å². The molecule has 3 N–H and O–H groups in total. The van der Waals surface area contributed by atoms with Crippen LogP contribution in [0.3, 0.4) is 0 Å². The number of carbonyl (C=O) groups excluding carboxylic acids is 1. The lowest BCUT2D eigenvalue weighted by atomic mass is 10.0. The molecular formula is C14H20N2O3. The van der Waals surface area contributed by atoms with E-state index in [1.165, 1.54) is 0 Å². The molecule has 0 radical (unpaired) electrons. The number of benzene rings is 1. The predicted molar refractivity (Wildman–Crippen MR) is 72.5 cm³/mol. The van der Waals surface area contributed by atoms with Crippen LogP contribution < -0.4 is 11.1 Å². The van der Waals surface area contributed by atoms with Crippen LogP contribution in [0, 0.1) is 5.92 Å². The third-order valence-corrected chi connectivity index (χ3v) is 3.09. The van der Waals surface area contributed by atoms with E-state index < -0.39 is 6.04 Å². The van der Waals surface area contributed by atoms with Gasteiger partial charge in [-0.25, -0.2) is 0 Å². The van der Waals surface area contributed by atoms with Crippen LogP contribution in [0.4, 0.5) is 5.69 Å². The summed E-state index contributed by atoms with van der Waals surface area (Å²) < 4.78 is 10.8. The molecule has 1 aromatic rings. The second-order valence-electron chi connectivity index (χ2n) is 4.95. The zero-order chi connectivity index (χ0) is 13.8. The summed E-state index contributed by atoms with van der Waals surface area (Å²) in [5, 5.41) is 2.80. The minimum Gasteiger partial charge on any atom is -0.346 e. The number of rotatable bonds is 4. The van der Waals surface area contributed by atoms with Crippen molar-refractivity contribution in [2.24, 2.45) is 11.7 Å². The Morgan fingerprint density at radius 3 is 2.37 bits per heavy atom. The van der Waals surface area contributed by atoms with Crippen LogP contribution in [0.5, 0.6) is 0 Å². The van der Waals surface area contributed by atoms with Gasteiger partial charge in [0, 0.05) is 11.3 Å². The van der Waals surface area contributed by atoms with E-state index in [4.69, 9.17) is 15.2 Å². The third kappa shape index (κ3) is 3.53. The molecule has 0 spiro atoms. The van der Waals surface area contributed by atoms with Crippen molar-refractivity contribution < 1.29 is 14.3 Å². The number of carbonyl (C=O) groups is 1.